The van der Waals surface area contributed by atoms with Gasteiger partial charge in [-0.3, -0.25) is 0 Å². The summed E-state index contributed by atoms with van der Waals surface area (Å²) in [5.74, 6) is 0.904. The van der Waals surface area contributed by atoms with Gasteiger partial charge in [-0.05, 0) is 42.5 Å². The maximum absolute atomic E-state index is 11.8. The first-order valence-electron chi connectivity index (χ1n) is 7.32. The second kappa shape index (κ2) is 7.27. The minimum absolute atomic E-state index is 0.0773. The van der Waals surface area contributed by atoms with Crippen LogP contribution in [-0.2, 0) is 16.1 Å². The first-order valence-corrected chi connectivity index (χ1v) is 8.27. The molecule has 7 heteroatoms. The van der Waals surface area contributed by atoms with E-state index in [9.17, 15) is 4.79 Å². The molecule has 0 atom stereocenters. The van der Waals surface area contributed by atoms with E-state index in [1.807, 2.05) is 48.9 Å². The van der Waals surface area contributed by atoms with Crippen molar-refractivity contribution < 1.29 is 18.8 Å². The van der Waals surface area contributed by atoms with Crippen LogP contribution in [0.4, 0.5) is 0 Å². The second-order valence-electron chi connectivity index (χ2n) is 5.24. The fourth-order valence-electron chi connectivity index (χ4n) is 2.01. The number of carbonyl (C=O) groups is 1. The molecule has 2 heterocycles. The summed E-state index contributed by atoms with van der Waals surface area (Å²) in [5.41, 5.74) is 2.90. The monoisotopic (exact) mass is 344 g/mol. The maximum atomic E-state index is 11.8. The summed E-state index contributed by atoms with van der Waals surface area (Å²) in [4.78, 5) is 16.0. The Labute approximate surface area is 143 Å². The summed E-state index contributed by atoms with van der Waals surface area (Å²) in [6.07, 6.45) is 0. The zero-order valence-electron chi connectivity index (χ0n) is 13.3. The Bertz CT molecular complexity index is 827. The van der Waals surface area contributed by atoms with Gasteiger partial charge in [0.25, 0.3) is 5.89 Å². The van der Waals surface area contributed by atoms with Crippen LogP contribution in [-0.4, -0.2) is 22.7 Å². The van der Waals surface area contributed by atoms with Crippen LogP contribution in [0.2, 0.25) is 0 Å². The van der Waals surface area contributed by atoms with Gasteiger partial charge in [0.2, 0.25) is 5.82 Å². The fourth-order valence-corrected chi connectivity index (χ4v) is 2.64. The van der Waals surface area contributed by atoms with Crippen molar-refractivity contribution in [1.82, 2.24) is 10.1 Å². The molecular weight excluding hydrogens is 328 g/mol. The number of hydrogen-bond donors (Lipinski definition) is 0. The molecule has 3 rings (SSSR count). The summed E-state index contributed by atoms with van der Waals surface area (Å²) in [6, 6.07) is 7.71. The Morgan fingerprint density at radius 1 is 1.29 bits per heavy atom. The molecule has 0 bridgehead atoms. The molecule has 2 aromatic heterocycles. The maximum Gasteiger partial charge on any atom is 0.344 e. The smallest absolute Gasteiger partial charge is 0.344 e. The van der Waals surface area contributed by atoms with Gasteiger partial charge >= 0.3 is 5.97 Å². The molecule has 1 aromatic carbocycles. The Balaban J connectivity index is 1.50. The van der Waals surface area contributed by atoms with Crippen LogP contribution in [0.3, 0.4) is 0 Å². The molecule has 0 aliphatic heterocycles. The Morgan fingerprint density at radius 2 is 2.17 bits per heavy atom. The Hall–Kier alpha value is -2.67. The number of thiophene rings is 1. The van der Waals surface area contributed by atoms with E-state index in [1.165, 1.54) is 0 Å². The lowest BCUT2D eigenvalue weighted by atomic mass is 10.1. The molecule has 0 saturated heterocycles. The third kappa shape index (κ3) is 3.99. The number of aromatic nitrogens is 2. The molecule has 124 valence electrons. The standard InChI is InChI=1S/C17H16N2O4S/c1-11-3-4-12(2)14(7-11)21-9-16(20)22-8-15-18-17(19-23-15)13-5-6-24-10-13/h3-7,10H,8-9H2,1-2H3. The fraction of sp³-hybridized carbons (Fsp3) is 0.235. The van der Waals surface area contributed by atoms with Crippen molar-refractivity contribution >= 4 is 17.3 Å². The topological polar surface area (TPSA) is 74.5 Å². The average molecular weight is 344 g/mol. The molecule has 0 radical (unpaired) electrons. The molecule has 0 aliphatic rings. The number of ether oxygens (including phenoxy) is 2. The van der Waals surface area contributed by atoms with Crippen molar-refractivity contribution in [2.75, 3.05) is 6.61 Å². The molecule has 0 amide bonds. The van der Waals surface area contributed by atoms with Gasteiger partial charge in [-0.15, -0.1) is 0 Å². The normalized spacial score (nSPS) is 10.6. The highest BCUT2D eigenvalue weighted by Gasteiger charge is 2.12. The predicted molar refractivity (Wildman–Crippen MR) is 88.8 cm³/mol. The summed E-state index contributed by atoms with van der Waals surface area (Å²) < 4.78 is 15.6. The third-order valence-electron chi connectivity index (χ3n) is 3.29. The predicted octanol–water partition coefficient (Wildman–Crippen LogP) is 3.54. The number of carbonyl (C=O) groups excluding carboxylic acids is 1. The quantitative estimate of drug-likeness (QED) is 0.637. The van der Waals surface area contributed by atoms with E-state index in [-0.39, 0.29) is 19.1 Å². The Kier molecular flexibility index (Phi) is 4.90. The number of esters is 1. The lowest BCUT2D eigenvalue weighted by Crippen LogP contribution is -2.15. The van der Waals surface area contributed by atoms with Crippen molar-refractivity contribution in [2.45, 2.75) is 20.5 Å². The molecular formula is C17H16N2O4S. The van der Waals surface area contributed by atoms with Crippen molar-refractivity contribution in [1.29, 1.82) is 0 Å². The van der Waals surface area contributed by atoms with Gasteiger partial charge in [-0.25, -0.2) is 4.79 Å². The molecule has 0 unspecified atom stereocenters. The largest absolute Gasteiger partial charge is 0.482 e. The van der Waals surface area contributed by atoms with E-state index in [0.717, 1.165) is 16.7 Å². The van der Waals surface area contributed by atoms with Gasteiger partial charge in [-0.2, -0.15) is 16.3 Å². The van der Waals surface area contributed by atoms with E-state index >= 15 is 0 Å². The summed E-state index contributed by atoms with van der Waals surface area (Å²) >= 11 is 1.54. The van der Waals surface area contributed by atoms with E-state index in [2.05, 4.69) is 10.1 Å². The van der Waals surface area contributed by atoms with Gasteiger partial charge in [0.1, 0.15) is 5.75 Å². The van der Waals surface area contributed by atoms with Crippen molar-refractivity contribution in [2.24, 2.45) is 0 Å². The summed E-state index contributed by atoms with van der Waals surface area (Å²) in [7, 11) is 0. The van der Waals surface area contributed by atoms with E-state index in [4.69, 9.17) is 14.0 Å². The zero-order valence-corrected chi connectivity index (χ0v) is 14.1. The van der Waals surface area contributed by atoms with Gasteiger partial charge in [-0.1, -0.05) is 17.3 Å². The van der Waals surface area contributed by atoms with Crippen LogP contribution < -0.4 is 4.74 Å². The zero-order chi connectivity index (χ0) is 16.9. The van der Waals surface area contributed by atoms with Gasteiger partial charge in [0.15, 0.2) is 13.2 Å². The van der Waals surface area contributed by atoms with Crippen LogP contribution in [0, 0.1) is 13.8 Å². The SMILES string of the molecule is Cc1ccc(C)c(OCC(=O)OCc2nc(-c3ccsc3)no2)c1. The molecule has 24 heavy (non-hydrogen) atoms. The number of aryl methyl sites for hydroxylation is 2. The van der Waals surface area contributed by atoms with E-state index in [0.29, 0.717) is 11.6 Å². The number of nitrogens with zero attached hydrogens (tertiary/aromatic N) is 2. The molecule has 0 aliphatic carbocycles. The molecule has 3 aromatic rings. The van der Waals surface area contributed by atoms with Gasteiger partial charge < -0.3 is 14.0 Å². The van der Waals surface area contributed by atoms with E-state index in [1.54, 1.807) is 11.3 Å². The minimum atomic E-state index is -0.494. The first-order chi connectivity index (χ1) is 11.6. The number of hydrogen-bond acceptors (Lipinski definition) is 7. The number of benzene rings is 1. The summed E-state index contributed by atoms with van der Waals surface area (Å²) in [6.45, 7) is 3.64. The third-order valence-corrected chi connectivity index (χ3v) is 3.98. The van der Waals surface area contributed by atoms with Crippen molar-refractivity contribution in [3.63, 3.8) is 0 Å². The minimum Gasteiger partial charge on any atom is -0.482 e. The lowest BCUT2D eigenvalue weighted by molar-refractivity contribution is -0.148. The number of rotatable bonds is 6. The van der Waals surface area contributed by atoms with Gasteiger partial charge in [0, 0.05) is 10.9 Å². The van der Waals surface area contributed by atoms with Crippen LogP contribution in [0.1, 0.15) is 17.0 Å². The van der Waals surface area contributed by atoms with Gasteiger partial charge in [0.05, 0.1) is 0 Å². The molecule has 0 spiro atoms. The van der Waals surface area contributed by atoms with Crippen LogP contribution >= 0.6 is 11.3 Å². The summed E-state index contributed by atoms with van der Waals surface area (Å²) in [5, 5.41) is 7.69. The highest BCUT2D eigenvalue weighted by Crippen LogP contribution is 2.20. The van der Waals surface area contributed by atoms with Crippen LogP contribution in [0.15, 0.2) is 39.5 Å². The first kappa shape index (κ1) is 16.2. The Morgan fingerprint density at radius 3 is 2.96 bits per heavy atom. The molecule has 0 saturated carbocycles. The highest BCUT2D eigenvalue weighted by atomic mass is 32.1. The van der Waals surface area contributed by atoms with Crippen molar-refractivity contribution in [3.8, 4) is 17.1 Å². The molecule has 0 N–H and O–H groups in total. The molecule has 0 fully saturated rings. The lowest BCUT2D eigenvalue weighted by Gasteiger charge is -2.09. The van der Waals surface area contributed by atoms with Crippen LogP contribution in [0.5, 0.6) is 5.75 Å². The van der Waals surface area contributed by atoms with Crippen molar-refractivity contribution in [3.05, 3.63) is 52.0 Å². The van der Waals surface area contributed by atoms with E-state index < -0.39 is 5.97 Å². The molecule has 6 nitrogen and oxygen atoms in total. The average Bonchev–Trinajstić information content (AvgIpc) is 3.24. The second-order valence-corrected chi connectivity index (χ2v) is 6.02. The highest BCUT2D eigenvalue weighted by molar-refractivity contribution is 7.08. The van der Waals surface area contributed by atoms with Crippen LogP contribution in [0.25, 0.3) is 11.4 Å².